The first-order chi connectivity index (χ1) is 12.4. The molecule has 0 saturated carbocycles. The number of alkyl halides is 3. The van der Waals surface area contributed by atoms with Crippen molar-refractivity contribution in [2.75, 3.05) is 13.1 Å². The van der Waals surface area contributed by atoms with Crippen LogP contribution in [0.2, 0.25) is 5.02 Å². The van der Waals surface area contributed by atoms with Crippen LogP contribution in [0.25, 0.3) is 0 Å². The quantitative estimate of drug-likeness (QED) is 0.787. The smallest absolute Gasteiger partial charge is 0.429 e. The molecule has 0 amide bonds. The lowest BCUT2D eigenvalue weighted by Crippen LogP contribution is -2.28. The van der Waals surface area contributed by atoms with Crippen LogP contribution in [0.3, 0.4) is 0 Å². The lowest BCUT2D eigenvalue weighted by molar-refractivity contribution is -0.198. The molecule has 1 N–H and O–H groups in total. The lowest BCUT2D eigenvalue weighted by atomic mass is 9.88. The number of pyridine rings is 1. The van der Waals surface area contributed by atoms with Gasteiger partial charge in [0.05, 0.1) is 0 Å². The average molecular weight is 385 g/mol. The van der Waals surface area contributed by atoms with Crippen LogP contribution in [0.15, 0.2) is 36.5 Å². The molecule has 1 aromatic heterocycles. The molecule has 1 atom stereocenters. The summed E-state index contributed by atoms with van der Waals surface area (Å²) in [7, 11) is 0. The fraction of sp³-hybridized carbons (Fsp3) is 0.421. The lowest BCUT2D eigenvalue weighted by Gasteiger charge is -2.26. The molecular formula is C19H20ClF3N2O. The molecule has 7 heteroatoms. The minimum Gasteiger partial charge on any atom is -0.459 e. The van der Waals surface area contributed by atoms with Crippen molar-refractivity contribution in [3.63, 3.8) is 0 Å². The SMILES string of the molecule is Cc1c(C2CCNCC2)ccnc1OC(c1cccc(Cl)c1)C(F)(F)F. The van der Waals surface area contributed by atoms with Crippen LogP contribution in [0, 0.1) is 6.92 Å². The first-order valence-corrected chi connectivity index (χ1v) is 8.89. The highest BCUT2D eigenvalue weighted by Gasteiger charge is 2.43. The maximum atomic E-state index is 13.6. The maximum Gasteiger partial charge on any atom is 0.429 e. The van der Waals surface area contributed by atoms with Crippen molar-refractivity contribution in [2.45, 2.75) is 38.0 Å². The van der Waals surface area contributed by atoms with Gasteiger partial charge in [-0.3, -0.25) is 0 Å². The van der Waals surface area contributed by atoms with Gasteiger partial charge < -0.3 is 10.1 Å². The summed E-state index contributed by atoms with van der Waals surface area (Å²) < 4.78 is 46.2. The van der Waals surface area contributed by atoms with Gasteiger partial charge >= 0.3 is 6.18 Å². The second kappa shape index (κ2) is 7.84. The van der Waals surface area contributed by atoms with Crippen LogP contribution < -0.4 is 10.1 Å². The van der Waals surface area contributed by atoms with Crippen molar-refractivity contribution in [3.8, 4) is 5.88 Å². The second-order valence-corrected chi connectivity index (χ2v) is 6.89. The highest BCUT2D eigenvalue weighted by Crippen LogP contribution is 2.39. The van der Waals surface area contributed by atoms with Crippen LogP contribution in [0.4, 0.5) is 13.2 Å². The van der Waals surface area contributed by atoms with Crippen LogP contribution in [0.5, 0.6) is 5.88 Å². The predicted octanol–water partition coefficient (Wildman–Crippen LogP) is 5.19. The van der Waals surface area contributed by atoms with Crippen molar-refractivity contribution in [1.82, 2.24) is 10.3 Å². The minimum atomic E-state index is -4.58. The molecule has 2 aromatic rings. The molecule has 0 bridgehead atoms. The predicted molar refractivity (Wildman–Crippen MR) is 94.7 cm³/mol. The van der Waals surface area contributed by atoms with Gasteiger partial charge in [0, 0.05) is 22.3 Å². The number of rotatable bonds is 4. The van der Waals surface area contributed by atoms with E-state index < -0.39 is 12.3 Å². The topological polar surface area (TPSA) is 34.2 Å². The molecule has 1 fully saturated rings. The van der Waals surface area contributed by atoms with Crippen LogP contribution in [0.1, 0.15) is 41.6 Å². The summed E-state index contributed by atoms with van der Waals surface area (Å²) in [5, 5.41) is 3.52. The summed E-state index contributed by atoms with van der Waals surface area (Å²) in [6, 6.07) is 7.51. The molecule has 3 rings (SSSR count). The van der Waals surface area contributed by atoms with Crippen LogP contribution in [-0.4, -0.2) is 24.2 Å². The van der Waals surface area contributed by atoms with E-state index in [0.717, 1.165) is 31.5 Å². The Morgan fingerprint density at radius 2 is 1.96 bits per heavy atom. The number of hydrogen-bond donors (Lipinski definition) is 1. The van der Waals surface area contributed by atoms with E-state index in [2.05, 4.69) is 10.3 Å². The van der Waals surface area contributed by atoms with Crippen molar-refractivity contribution in [3.05, 3.63) is 58.2 Å². The largest absolute Gasteiger partial charge is 0.459 e. The molecule has 2 heterocycles. The Balaban J connectivity index is 1.92. The normalized spacial score (nSPS) is 17.1. The molecule has 3 nitrogen and oxygen atoms in total. The number of piperidine rings is 1. The Hall–Kier alpha value is -1.79. The fourth-order valence-corrected chi connectivity index (χ4v) is 3.53. The molecule has 0 spiro atoms. The molecular weight excluding hydrogens is 365 g/mol. The van der Waals surface area contributed by atoms with Gasteiger partial charge in [-0.15, -0.1) is 0 Å². The molecule has 1 aliphatic rings. The summed E-state index contributed by atoms with van der Waals surface area (Å²) >= 11 is 5.86. The summed E-state index contributed by atoms with van der Waals surface area (Å²) in [5.41, 5.74) is 1.62. The highest BCUT2D eigenvalue weighted by atomic mass is 35.5. The molecule has 0 radical (unpaired) electrons. The van der Waals surface area contributed by atoms with E-state index in [-0.39, 0.29) is 16.5 Å². The number of ether oxygens (including phenoxy) is 1. The average Bonchev–Trinajstić information content (AvgIpc) is 2.60. The summed E-state index contributed by atoms with van der Waals surface area (Å²) in [4.78, 5) is 4.06. The van der Waals surface area contributed by atoms with E-state index in [4.69, 9.17) is 16.3 Å². The van der Waals surface area contributed by atoms with E-state index in [0.29, 0.717) is 11.5 Å². The van der Waals surface area contributed by atoms with E-state index in [9.17, 15) is 13.2 Å². The van der Waals surface area contributed by atoms with Crippen molar-refractivity contribution in [2.24, 2.45) is 0 Å². The van der Waals surface area contributed by atoms with Gasteiger partial charge in [0.2, 0.25) is 12.0 Å². The maximum absolute atomic E-state index is 13.6. The number of hydrogen-bond acceptors (Lipinski definition) is 3. The Morgan fingerprint density at radius 3 is 2.62 bits per heavy atom. The van der Waals surface area contributed by atoms with Crippen molar-refractivity contribution in [1.29, 1.82) is 0 Å². The zero-order valence-corrected chi connectivity index (χ0v) is 15.1. The monoisotopic (exact) mass is 384 g/mol. The Labute approximate surface area is 155 Å². The summed E-state index contributed by atoms with van der Waals surface area (Å²) in [6.07, 6.45) is -3.28. The third kappa shape index (κ3) is 4.30. The Kier molecular flexibility index (Phi) is 5.73. The van der Waals surface area contributed by atoms with Gasteiger partial charge in [-0.1, -0.05) is 23.7 Å². The first-order valence-electron chi connectivity index (χ1n) is 8.51. The standard InChI is InChI=1S/C19H20ClF3N2O/c1-12-16(13-5-8-24-9-6-13)7-10-25-18(12)26-17(19(21,22)23)14-3-2-4-15(20)11-14/h2-4,7,10-11,13,17,24H,5-6,8-9H2,1H3. The zero-order valence-electron chi connectivity index (χ0n) is 14.3. The fourth-order valence-electron chi connectivity index (χ4n) is 3.33. The number of nitrogens with one attached hydrogen (secondary N) is 1. The zero-order chi connectivity index (χ0) is 18.7. The summed E-state index contributed by atoms with van der Waals surface area (Å²) in [5.74, 6) is 0.320. The van der Waals surface area contributed by atoms with Gasteiger partial charge in [-0.2, -0.15) is 13.2 Å². The number of nitrogens with zero attached hydrogens (tertiary/aromatic N) is 1. The van der Waals surface area contributed by atoms with E-state index in [1.165, 1.54) is 30.5 Å². The first kappa shape index (κ1) is 19.0. The molecule has 1 aromatic carbocycles. The van der Waals surface area contributed by atoms with E-state index in [1.54, 1.807) is 6.92 Å². The number of benzene rings is 1. The molecule has 26 heavy (non-hydrogen) atoms. The minimum absolute atomic E-state index is 0.0170. The summed E-state index contributed by atoms with van der Waals surface area (Å²) in [6.45, 7) is 3.57. The number of halogens is 4. The molecule has 1 aliphatic heterocycles. The molecule has 1 unspecified atom stereocenters. The van der Waals surface area contributed by atoms with E-state index >= 15 is 0 Å². The van der Waals surface area contributed by atoms with Gasteiger partial charge in [0.25, 0.3) is 0 Å². The Morgan fingerprint density at radius 1 is 1.23 bits per heavy atom. The molecule has 0 aliphatic carbocycles. The Bertz CT molecular complexity index is 761. The van der Waals surface area contributed by atoms with Gasteiger partial charge in [-0.25, -0.2) is 4.98 Å². The van der Waals surface area contributed by atoms with Gasteiger partial charge in [-0.05, 0) is 62.5 Å². The van der Waals surface area contributed by atoms with Gasteiger partial charge in [0.1, 0.15) is 0 Å². The number of aromatic nitrogens is 1. The van der Waals surface area contributed by atoms with Crippen molar-refractivity contribution < 1.29 is 17.9 Å². The van der Waals surface area contributed by atoms with Crippen LogP contribution in [-0.2, 0) is 0 Å². The van der Waals surface area contributed by atoms with Gasteiger partial charge in [0.15, 0.2) is 0 Å². The van der Waals surface area contributed by atoms with E-state index in [1.807, 2.05) is 6.07 Å². The van der Waals surface area contributed by atoms with Crippen LogP contribution >= 0.6 is 11.6 Å². The molecule has 1 saturated heterocycles. The van der Waals surface area contributed by atoms with Crippen molar-refractivity contribution >= 4 is 11.6 Å². The third-order valence-electron chi connectivity index (χ3n) is 4.66. The highest BCUT2D eigenvalue weighted by molar-refractivity contribution is 6.30. The third-order valence-corrected chi connectivity index (χ3v) is 4.89. The second-order valence-electron chi connectivity index (χ2n) is 6.45. The molecule has 140 valence electrons.